The summed E-state index contributed by atoms with van der Waals surface area (Å²) in [6.45, 7) is 2.25. The fraction of sp³-hybridized carbons (Fsp3) is 0.353. The lowest BCUT2D eigenvalue weighted by molar-refractivity contribution is 0.177. The molecule has 9 nitrogen and oxygen atoms in total. The summed E-state index contributed by atoms with van der Waals surface area (Å²) >= 11 is 0. The molecule has 1 unspecified atom stereocenters. The molecule has 0 saturated carbocycles. The Morgan fingerprint density at radius 3 is 2.43 bits per heavy atom. The number of hydrogen-bond acceptors (Lipinski definition) is 6. The van der Waals surface area contributed by atoms with E-state index in [0.29, 0.717) is 11.6 Å². The van der Waals surface area contributed by atoms with Crippen LogP contribution in [0.25, 0.3) is 5.82 Å². The first-order valence-electron chi connectivity index (χ1n) is 8.44. The van der Waals surface area contributed by atoms with Gasteiger partial charge in [-0.2, -0.15) is 18.6 Å². The van der Waals surface area contributed by atoms with E-state index in [9.17, 15) is 17.6 Å². The van der Waals surface area contributed by atoms with Crippen molar-refractivity contribution in [2.24, 2.45) is 7.05 Å². The van der Waals surface area contributed by atoms with Gasteiger partial charge in [0, 0.05) is 19.3 Å². The molecule has 28 heavy (non-hydrogen) atoms. The van der Waals surface area contributed by atoms with Crippen LogP contribution in [0.15, 0.2) is 46.2 Å². The number of rotatable bonds is 7. The number of aromatic nitrogens is 5. The van der Waals surface area contributed by atoms with E-state index in [1.807, 2.05) is 6.92 Å². The molecule has 150 valence electrons. The quantitative estimate of drug-likeness (QED) is 0.542. The van der Waals surface area contributed by atoms with Crippen molar-refractivity contribution < 1.29 is 17.0 Å². The molecule has 0 spiro atoms. The number of nitrogens with zero attached hydrogens (tertiary/aromatic N) is 5. The molecular weight excluding hydrogens is 389 g/mol. The van der Waals surface area contributed by atoms with E-state index < -0.39 is 35.1 Å². The highest BCUT2D eigenvalue weighted by Crippen LogP contribution is 2.14. The molecule has 0 N–H and O–H groups in total. The highest BCUT2D eigenvalue weighted by Gasteiger charge is 2.21. The lowest BCUT2D eigenvalue weighted by Crippen LogP contribution is -2.30. The molecular formula is C17H20FN5O4S. The number of hydrogen-bond donors (Lipinski definition) is 0. The Hall–Kier alpha value is -2.79. The molecule has 1 aromatic carbocycles. The Balaban J connectivity index is 1.69. The molecule has 2 heterocycles. The molecule has 3 aromatic rings. The van der Waals surface area contributed by atoms with Gasteiger partial charge in [0.1, 0.15) is 12.0 Å². The van der Waals surface area contributed by atoms with Gasteiger partial charge in [-0.15, -0.1) is 0 Å². The summed E-state index contributed by atoms with van der Waals surface area (Å²) in [7, 11) is -2.38. The average molecular weight is 409 g/mol. The van der Waals surface area contributed by atoms with Crippen molar-refractivity contribution in [3.63, 3.8) is 0 Å². The average Bonchev–Trinajstić information content (AvgIpc) is 3.16. The van der Waals surface area contributed by atoms with Crippen molar-refractivity contribution in [3.05, 3.63) is 58.4 Å². The molecule has 2 aromatic heterocycles. The Kier molecular flexibility index (Phi) is 5.47. The predicted octanol–water partition coefficient (Wildman–Crippen LogP) is 1.13. The third-order valence-corrected chi connectivity index (χ3v) is 5.31. The number of halogens is 1. The summed E-state index contributed by atoms with van der Waals surface area (Å²) < 4.78 is 47.0. The third kappa shape index (κ3) is 4.20. The molecule has 0 saturated heterocycles. The highest BCUT2D eigenvalue weighted by molar-refractivity contribution is 7.86. The minimum Gasteiger partial charge on any atom is -0.274 e. The minimum atomic E-state index is -4.08. The van der Waals surface area contributed by atoms with Crippen molar-refractivity contribution in [2.45, 2.75) is 31.5 Å². The molecule has 0 radical (unpaired) electrons. The minimum absolute atomic E-state index is 0.0576. The summed E-state index contributed by atoms with van der Waals surface area (Å²) in [5.74, 6) is 0.703. The van der Waals surface area contributed by atoms with Crippen LogP contribution in [0, 0.1) is 13.8 Å². The summed E-state index contributed by atoms with van der Waals surface area (Å²) in [5, 5.41) is 8.15. The van der Waals surface area contributed by atoms with Gasteiger partial charge in [-0.25, -0.2) is 18.4 Å². The molecule has 0 amide bonds. The number of alkyl halides is 1. The van der Waals surface area contributed by atoms with Gasteiger partial charge in [-0.05, 0) is 26.0 Å². The lowest BCUT2D eigenvalue weighted by Gasteiger charge is -2.09. The molecule has 3 rings (SSSR count). The first-order valence-corrected chi connectivity index (χ1v) is 9.85. The van der Waals surface area contributed by atoms with Crippen molar-refractivity contribution in [1.29, 1.82) is 0 Å². The van der Waals surface area contributed by atoms with Gasteiger partial charge in [0.05, 0.1) is 18.0 Å². The highest BCUT2D eigenvalue weighted by atomic mass is 32.2. The first-order chi connectivity index (χ1) is 13.2. The van der Waals surface area contributed by atoms with Crippen molar-refractivity contribution >= 4 is 10.1 Å². The zero-order valence-electron chi connectivity index (χ0n) is 15.6. The topological polar surface area (TPSA) is 101 Å². The normalized spacial score (nSPS) is 13.0. The van der Waals surface area contributed by atoms with Crippen LogP contribution in [-0.4, -0.2) is 45.3 Å². The Labute approximate surface area is 161 Å². The SMILES string of the molecule is Cc1ccc(S(=O)(=O)OCC(F)Cn2nc(C)n(-c3ccn(C)n3)c2=O)cc1. The van der Waals surface area contributed by atoms with Gasteiger partial charge in [0.25, 0.3) is 10.1 Å². The molecule has 0 aliphatic carbocycles. The fourth-order valence-corrected chi connectivity index (χ4v) is 3.53. The maximum Gasteiger partial charge on any atom is 0.351 e. The first kappa shape index (κ1) is 20.0. The van der Waals surface area contributed by atoms with Crippen molar-refractivity contribution in [3.8, 4) is 5.82 Å². The maximum absolute atomic E-state index is 14.3. The van der Waals surface area contributed by atoms with E-state index >= 15 is 0 Å². The van der Waals surface area contributed by atoms with Crippen LogP contribution in [0.1, 0.15) is 11.4 Å². The molecule has 0 aliphatic rings. The van der Waals surface area contributed by atoms with Crippen LogP contribution in [0.4, 0.5) is 4.39 Å². The zero-order chi connectivity index (χ0) is 20.5. The molecule has 0 fully saturated rings. The number of aryl methyl sites for hydroxylation is 3. The van der Waals surface area contributed by atoms with Crippen molar-refractivity contribution in [1.82, 2.24) is 24.1 Å². The number of benzene rings is 1. The van der Waals surface area contributed by atoms with Gasteiger partial charge in [-0.1, -0.05) is 17.7 Å². The second kappa shape index (κ2) is 7.68. The van der Waals surface area contributed by atoms with Gasteiger partial charge >= 0.3 is 5.69 Å². The summed E-state index contributed by atoms with van der Waals surface area (Å²) in [5.41, 5.74) is 0.320. The molecule has 0 aliphatic heterocycles. The van der Waals surface area contributed by atoms with Gasteiger partial charge in [0.2, 0.25) is 0 Å². The van der Waals surface area contributed by atoms with Crippen molar-refractivity contribution in [2.75, 3.05) is 6.61 Å². The van der Waals surface area contributed by atoms with Gasteiger partial charge < -0.3 is 0 Å². The Morgan fingerprint density at radius 2 is 1.82 bits per heavy atom. The second-order valence-electron chi connectivity index (χ2n) is 6.34. The largest absolute Gasteiger partial charge is 0.351 e. The zero-order valence-corrected chi connectivity index (χ0v) is 16.4. The second-order valence-corrected chi connectivity index (χ2v) is 7.96. The molecule has 0 bridgehead atoms. The molecule has 11 heteroatoms. The van der Waals surface area contributed by atoms with Gasteiger partial charge in [0.15, 0.2) is 5.82 Å². The van der Waals surface area contributed by atoms with E-state index in [1.165, 1.54) is 21.4 Å². The van der Waals surface area contributed by atoms with Gasteiger partial charge in [-0.3, -0.25) is 8.86 Å². The predicted molar refractivity (Wildman–Crippen MR) is 98.5 cm³/mol. The third-order valence-electron chi connectivity index (χ3n) is 4.01. The van der Waals surface area contributed by atoms with Crippen LogP contribution in [-0.2, 0) is 27.9 Å². The monoisotopic (exact) mass is 409 g/mol. The Morgan fingerprint density at radius 1 is 1.14 bits per heavy atom. The van der Waals surface area contributed by atoms with Crippen LogP contribution in [0.3, 0.4) is 0 Å². The van der Waals surface area contributed by atoms with E-state index in [-0.39, 0.29) is 4.90 Å². The van der Waals surface area contributed by atoms with E-state index in [2.05, 4.69) is 10.2 Å². The standard InChI is InChI=1S/C17H20FN5O4S/c1-12-4-6-15(7-5-12)28(25,26)27-11-14(18)10-22-17(24)23(13(2)19-22)16-8-9-21(3)20-16/h4-9,14H,10-11H2,1-3H3. The molecule has 1 atom stereocenters. The van der Waals surface area contributed by atoms with Crippen LogP contribution in [0.2, 0.25) is 0 Å². The summed E-state index contributed by atoms with van der Waals surface area (Å²) in [6, 6.07) is 7.65. The van der Waals surface area contributed by atoms with Crippen LogP contribution in [0.5, 0.6) is 0 Å². The smallest absolute Gasteiger partial charge is 0.274 e. The van der Waals surface area contributed by atoms with Crippen LogP contribution >= 0.6 is 0 Å². The Bertz CT molecular complexity index is 1130. The maximum atomic E-state index is 14.3. The van der Waals surface area contributed by atoms with E-state index in [0.717, 1.165) is 10.2 Å². The van der Waals surface area contributed by atoms with E-state index in [1.54, 1.807) is 38.4 Å². The lowest BCUT2D eigenvalue weighted by atomic mass is 10.2. The summed E-state index contributed by atoms with van der Waals surface area (Å²) in [4.78, 5) is 12.4. The summed E-state index contributed by atoms with van der Waals surface area (Å²) in [6.07, 6.45) is -0.0790. The van der Waals surface area contributed by atoms with Crippen LogP contribution < -0.4 is 5.69 Å². The van der Waals surface area contributed by atoms with E-state index in [4.69, 9.17) is 4.18 Å². The fourth-order valence-electron chi connectivity index (χ4n) is 2.60.